The Bertz CT molecular complexity index is 510. The number of ether oxygens (including phenoxy) is 1. The molecule has 1 aromatic heterocycles. The molecule has 0 spiro atoms. The van der Waals surface area contributed by atoms with Crippen LogP contribution < -0.4 is 5.73 Å². The van der Waals surface area contributed by atoms with Gasteiger partial charge in [0.25, 0.3) is 0 Å². The molecule has 2 N–H and O–H groups in total. The summed E-state index contributed by atoms with van der Waals surface area (Å²) in [6.45, 7) is 3.33. The fourth-order valence-corrected chi connectivity index (χ4v) is 3.53. The molecule has 106 valence electrons. The van der Waals surface area contributed by atoms with Crippen molar-refractivity contribution in [2.24, 2.45) is 0 Å². The summed E-state index contributed by atoms with van der Waals surface area (Å²) in [4.78, 5) is 4.00. The van der Waals surface area contributed by atoms with Gasteiger partial charge in [0.1, 0.15) is 10.7 Å². The SMILES string of the molecule is CCN(CC1CCCO1)S(=O)(=O)c1ccc(N)nc1. The zero-order valence-corrected chi connectivity index (χ0v) is 11.8. The minimum atomic E-state index is -3.52. The Morgan fingerprint density at radius 1 is 1.53 bits per heavy atom. The van der Waals surface area contributed by atoms with E-state index in [1.807, 2.05) is 6.92 Å². The van der Waals surface area contributed by atoms with Crippen molar-refractivity contribution in [3.05, 3.63) is 18.3 Å². The molecule has 1 aliphatic heterocycles. The Morgan fingerprint density at radius 3 is 2.84 bits per heavy atom. The fourth-order valence-electron chi connectivity index (χ4n) is 2.11. The molecule has 1 fully saturated rings. The third-order valence-corrected chi connectivity index (χ3v) is 5.11. The summed E-state index contributed by atoms with van der Waals surface area (Å²) in [6.07, 6.45) is 3.19. The number of hydrogen-bond acceptors (Lipinski definition) is 5. The molecule has 0 bridgehead atoms. The Hall–Kier alpha value is -1.18. The number of nitrogens with two attached hydrogens (primary N) is 1. The molecule has 19 heavy (non-hydrogen) atoms. The van der Waals surface area contributed by atoms with Crippen molar-refractivity contribution < 1.29 is 13.2 Å². The summed E-state index contributed by atoms with van der Waals surface area (Å²) >= 11 is 0. The molecule has 0 aromatic carbocycles. The lowest BCUT2D eigenvalue weighted by atomic mass is 10.2. The molecule has 1 aliphatic rings. The lowest BCUT2D eigenvalue weighted by Gasteiger charge is -2.23. The third-order valence-electron chi connectivity index (χ3n) is 3.18. The fraction of sp³-hybridized carbons (Fsp3) is 0.583. The summed E-state index contributed by atoms with van der Waals surface area (Å²) in [5.74, 6) is 0.307. The molecule has 7 heteroatoms. The average Bonchev–Trinajstić information content (AvgIpc) is 2.89. The van der Waals surface area contributed by atoms with Gasteiger partial charge in [-0.3, -0.25) is 0 Å². The monoisotopic (exact) mass is 285 g/mol. The van der Waals surface area contributed by atoms with E-state index >= 15 is 0 Å². The molecule has 0 aliphatic carbocycles. The molecule has 2 rings (SSSR count). The molecule has 0 radical (unpaired) electrons. The predicted octanol–water partition coefficient (Wildman–Crippen LogP) is 0.853. The van der Waals surface area contributed by atoms with Gasteiger partial charge in [0.2, 0.25) is 10.0 Å². The Morgan fingerprint density at radius 2 is 2.32 bits per heavy atom. The van der Waals surface area contributed by atoms with Crippen LogP contribution in [0.5, 0.6) is 0 Å². The number of anilines is 1. The molecule has 0 amide bonds. The molecule has 1 atom stereocenters. The Labute approximate surface area is 113 Å². The number of aromatic nitrogens is 1. The Kier molecular flexibility index (Phi) is 4.38. The van der Waals surface area contributed by atoms with Crippen LogP contribution in [0.1, 0.15) is 19.8 Å². The number of nitrogens with zero attached hydrogens (tertiary/aromatic N) is 2. The van der Waals surface area contributed by atoms with E-state index in [9.17, 15) is 8.42 Å². The van der Waals surface area contributed by atoms with Gasteiger partial charge >= 0.3 is 0 Å². The zero-order chi connectivity index (χ0) is 13.9. The highest BCUT2D eigenvalue weighted by Gasteiger charge is 2.28. The predicted molar refractivity (Wildman–Crippen MR) is 72.1 cm³/mol. The number of likely N-dealkylation sites (N-methyl/N-ethyl adjacent to an activating group) is 1. The van der Waals surface area contributed by atoms with E-state index in [1.54, 1.807) is 0 Å². The summed E-state index contributed by atoms with van der Waals surface area (Å²) in [5, 5.41) is 0. The van der Waals surface area contributed by atoms with Crippen molar-refractivity contribution in [2.75, 3.05) is 25.4 Å². The van der Waals surface area contributed by atoms with Crippen LogP contribution in [0.4, 0.5) is 5.82 Å². The maximum atomic E-state index is 12.5. The average molecular weight is 285 g/mol. The van der Waals surface area contributed by atoms with E-state index in [4.69, 9.17) is 10.5 Å². The van der Waals surface area contributed by atoms with Gasteiger partial charge < -0.3 is 10.5 Å². The first-order chi connectivity index (χ1) is 9.04. The van der Waals surface area contributed by atoms with Crippen LogP contribution in [-0.2, 0) is 14.8 Å². The van der Waals surface area contributed by atoms with Crippen molar-refractivity contribution in [2.45, 2.75) is 30.8 Å². The van der Waals surface area contributed by atoms with E-state index in [2.05, 4.69) is 4.98 Å². The molecule has 6 nitrogen and oxygen atoms in total. The molecule has 1 saturated heterocycles. The van der Waals surface area contributed by atoms with Crippen LogP contribution in [0, 0.1) is 0 Å². The van der Waals surface area contributed by atoms with Crippen LogP contribution >= 0.6 is 0 Å². The summed E-state index contributed by atoms with van der Waals surface area (Å²) in [6, 6.07) is 2.97. The van der Waals surface area contributed by atoms with E-state index in [-0.39, 0.29) is 11.0 Å². The van der Waals surface area contributed by atoms with Crippen molar-refractivity contribution in [3.63, 3.8) is 0 Å². The summed E-state index contributed by atoms with van der Waals surface area (Å²) in [7, 11) is -3.52. The molecular weight excluding hydrogens is 266 g/mol. The van der Waals surface area contributed by atoms with E-state index in [0.29, 0.717) is 25.5 Å². The molecule has 2 heterocycles. The number of pyridine rings is 1. The summed E-state index contributed by atoms with van der Waals surface area (Å²) < 4.78 is 31.8. The first-order valence-electron chi connectivity index (χ1n) is 6.37. The van der Waals surface area contributed by atoms with Crippen LogP contribution in [0.3, 0.4) is 0 Å². The Balaban J connectivity index is 2.17. The van der Waals surface area contributed by atoms with Gasteiger partial charge in [-0.15, -0.1) is 0 Å². The molecule has 0 saturated carbocycles. The second-order valence-electron chi connectivity index (χ2n) is 4.51. The standard InChI is InChI=1S/C12H19N3O3S/c1-2-15(9-10-4-3-7-18-10)19(16,17)11-5-6-12(13)14-8-11/h5-6,8,10H,2-4,7,9H2,1H3,(H2,13,14). The largest absolute Gasteiger partial charge is 0.384 e. The number of nitrogen functional groups attached to an aromatic ring is 1. The third kappa shape index (κ3) is 3.23. The van der Waals surface area contributed by atoms with Crippen LogP contribution in [0.15, 0.2) is 23.2 Å². The lowest BCUT2D eigenvalue weighted by Crippen LogP contribution is -2.37. The maximum absolute atomic E-state index is 12.5. The topological polar surface area (TPSA) is 85.5 Å². The van der Waals surface area contributed by atoms with E-state index in [0.717, 1.165) is 12.8 Å². The lowest BCUT2D eigenvalue weighted by molar-refractivity contribution is 0.0947. The van der Waals surface area contributed by atoms with Crippen molar-refractivity contribution in [1.29, 1.82) is 0 Å². The second-order valence-corrected chi connectivity index (χ2v) is 6.45. The van der Waals surface area contributed by atoms with E-state index < -0.39 is 10.0 Å². The van der Waals surface area contributed by atoms with Crippen molar-refractivity contribution in [3.8, 4) is 0 Å². The minimum Gasteiger partial charge on any atom is -0.384 e. The highest BCUT2D eigenvalue weighted by atomic mass is 32.2. The van der Waals surface area contributed by atoms with Crippen molar-refractivity contribution >= 4 is 15.8 Å². The van der Waals surface area contributed by atoms with Crippen molar-refractivity contribution in [1.82, 2.24) is 9.29 Å². The van der Waals surface area contributed by atoms with Gasteiger partial charge in [-0.1, -0.05) is 6.92 Å². The van der Waals surface area contributed by atoms with Gasteiger partial charge in [-0.25, -0.2) is 13.4 Å². The molecule has 1 unspecified atom stereocenters. The van der Waals surface area contributed by atoms with Gasteiger partial charge in [-0.2, -0.15) is 4.31 Å². The molecule has 1 aromatic rings. The zero-order valence-electron chi connectivity index (χ0n) is 10.9. The number of sulfonamides is 1. The quantitative estimate of drug-likeness (QED) is 0.867. The van der Waals surface area contributed by atoms with Gasteiger partial charge in [0, 0.05) is 25.9 Å². The van der Waals surface area contributed by atoms with Gasteiger partial charge in [0.15, 0.2) is 0 Å². The van der Waals surface area contributed by atoms with E-state index in [1.165, 1.54) is 22.6 Å². The normalized spacial score (nSPS) is 20.0. The van der Waals surface area contributed by atoms with Crippen LogP contribution in [0.25, 0.3) is 0 Å². The maximum Gasteiger partial charge on any atom is 0.244 e. The van der Waals surface area contributed by atoms with Gasteiger partial charge in [0.05, 0.1) is 6.10 Å². The second kappa shape index (κ2) is 5.85. The molecular formula is C12H19N3O3S. The minimum absolute atomic E-state index is 0.00327. The van der Waals surface area contributed by atoms with Gasteiger partial charge in [-0.05, 0) is 25.0 Å². The number of rotatable bonds is 5. The smallest absolute Gasteiger partial charge is 0.244 e. The highest BCUT2D eigenvalue weighted by molar-refractivity contribution is 7.89. The number of hydrogen-bond donors (Lipinski definition) is 1. The first-order valence-corrected chi connectivity index (χ1v) is 7.81. The first kappa shape index (κ1) is 14.2. The van der Waals surface area contributed by atoms with Crippen LogP contribution in [0.2, 0.25) is 0 Å². The summed E-state index contributed by atoms with van der Waals surface area (Å²) in [5.41, 5.74) is 5.47. The highest BCUT2D eigenvalue weighted by Crippen LogP contribution is 2.19. The van der Waals surface area contributed by atoms with Crippen LogP contribution in [-0.4, -0.2) is 43.5 Å².